The molecule has 1 amide bonds. The van der Waals surface area contributed by atoms with Crippen molar-refractivity contribution < 1.29 is 4.79 Å². The number of nitrogens with one attached hydrogen (secondary N) is 1. The van der Waals surface area contributed by atoms with Crippen molar-refractivity contribution in [2.24, 2.45) is 0 Å². The fourth-order valence-corrected chi connectivity index (χ4v) is 4.71. The van der Waals surface area contributed by atoms with Gasteiger partial charge in [-0.1, -0.05) is 24.3 Å². The van der Waals surface area contributed by atoms with Crippen LogP contribution in [-0.4, -0.2) is 42.5 Å². The summed E-state index contributed by atoms with van der Waals surface area (Å²) in [5, 5.41) is 4.15. The van der Waals surface area contributed by atoms with Crippen LogP contribution in [0.25, 0.3) is 10.2 Å². The van der Waals surface area contributed by atoms with Gasteiger partial charge in [-0.15, -0.1) is 11.3 Å². The van der Waals surface area contributed by atoms with Gasteiger partial charge in [0.2, 0.25) is 5.91 Å². The normalized spacial score (nSPS) is 15.3. The van der Waals surface area contributed by atoms with Gasteiger partial charge in [0.1, 0.15) is 5.01 Å². The first-order chi connectivity index (χ1) is 13.6. The van der Waals surface area contributed by atoms with E-state index in [-0.39, 0.29) is 11.9 Å². The van der Waals surface area contributed by atoms with E-state index in [1.165, 1.54) is 17.5 Å². The van der Waals surface area contributed by atoms with E-state index in [1.54, 1.807) is 11.3 Å². The summed E-state index contributed by atoms with van der Waals surface area (Å²) in [6.45, 7) is 4.54. The second kappa shape index (κ2) is 8.29. The molecule has 1 aliphatic heterocycles. The monoisotopic (exact) mass is 394 g/mol. The van der Waals surface area contributed by atoms with Gasteiger partial charge in [-0.2, -0.15) is 0 Å². The maximum Gasteiger partial charge on any atom is 0.238 e. The molecule has 146 valence electrons. The molecular formula is C22H26N4OS. The fraction of sp³-hybridized carbons (Fsp3) is 0.364. The molecule has 0 bridgehead atoms. The van der Waals surface area contributed by atoms with Crippen molar-refractivity contribution in [1.29, 1.82) is 0 Å². The predicted octanol–water partition coefficient (Wildman–Crippen LogP) is 4.53. The number of anilines is 2. The minimum atomic E-state index is 0.00195. The van der Waals surface area contributed by atoms with E-state index in [2.05, 4.69) is 29.3 Å². The first-order valence-electron chi connectivity index (χ1n) is 9.81. The average Bonchev–Trinajstić information content (AvgIpc) is 3.37. The Morgan fingerprint density at radius 1 is 1.18 bits per heavy atom. The summed E-state index contributed by atoms with van der Waals surface area (Å²) in [5.41, 5.74) is 3.04. The van der Waals surface area contributed by atoms with E-state index in [9.17, 15) is 4.79 Å². The topological polar surface area (TPSA) is 48.5 Å². The van der Waals surface area contributed by atoms with Crippen LogP contribution in [-0.2, 0) is 4.79 Å². The third-order valence-electron chi connectivity index (χ3n) is 5.35. The standard InChI is InChI=1S/C22H26N4OS/c1-16(22-24-18-10-4-6-12-20(18)28-22)25(2)15-21(27)23-17-9-3-5-11-19(17)26-13-7-8-14-26/h3-6,9-12,16H,7-8,13-15H2,1-2H3,(H,23,27). The van der Waals surface area contributed by atoms with Gasteiger partial charge >= 0.3 is 0 Å². The molecule has 1 aromatic heterocycles. The van der Waals surface area contributed by atoms with Crippen LogP contribution in [0.5, 0.6) is 0 Å². The van der Waals surface area contributed by atoms with Crippen LogP contribution >= 0.6 is 11.3 Å². The van der Waals surface area contributed by atoms with Gasteiger partial charge in [0, 0.05) is 13.1 Å². The first kappa shape index (κ1) is 18.9. The average molecular weight is 395 g/mol. The number of para-hydroxylation sites is 3. The molecular weight excluding hydrogens is 368 g/mol. The number of hydrogen-bond acceptors (Lipinski definition) is 5. The van der Waals surface area contributed by atoms with Crippen molar-refractivity contribution in [3.05, 3.63) is 53.5 Å². The molecule has 1 aliphatic rings. The Morgan fingerprint density at radius 2 is 1.89 bits per heavy atom. The highest BCUT2D eigenvalue weighted by molar-refractivity contribution is 7.18. The van der Waals surface area contributed by atoms with Crippen LogP contribution in [0.15, 0.2) is 48.5 Å². The Labute approximate surface area is 170 Å². The molecule has 4 rings (SSSR count). The highest BCUT2D eigenvalue weighted by Crippen LogP contribution is 2.30. The Balaban J connectivity index is 1.42. The highest BCUT2D eigenvalue weighted by Gasteiger charge is 2.20. The number of fused-ring (bicyclic) bond motifs is 1. The van der Waals surface area contributed by atoms with Gasteiger partial charge in [-0.25, -0.2) is 4.98 Å². The number of hydrogen-bond donors (Lipinski definition) is 1. The van der Waals surface area contributed by atoms with Crippen molar-refractivity contribution in [2.75, 3.05) is 36.9 Å². The Hall–Kier alpha value is -2.44. The zero-order chi connectivity index (χ0) is 19.5. The van der Waals surface area contributed by atoms with Crippen molar-refractivity contribution in [3.8, 4) is 0 Å². The summed E-state index contributed by atoms with van der Waals surface area (Å²) in [4.78, 5) is 21.8. The summed E-state index contributed by atoms with van der Waals surface area (Å²) in [6, 6.07) is 16.3. The van der Waals surface area contributed by atoms with Crippen LogP contribution in [0.2, 0.25) is 0 Å². The summed E-state index contributed by atoms with van der Waals surface area (Å²) in [5.74, 6) is 0.00195. The van der Waals surface area contributed by atoms with Gasteiger partial charge in [0.15, 0.2) is 0 Å². The number of thiazole rings is 1. The van der Waals surface area contributed by atoms with Crippen molar-refractivity contribution in [3.63, 3.8) is 0 Å². The van der Waals surface area contributed by atoms with Crippen LogP contribution in [0.3, 0.4) is 0 Å². The van der Waals surface area contributed by atoms with Gasteiger partial charge in [0.25, 0.3) is 0 Å². The molecule has 3 aromatic rings. The molecule has 1 atom stereocenters. The molecule has 5 nitrogen and oxygen atoms in total. The van der Waals surface area contributed by atoms with Crippen LogP contribution in [0.4, 0.5) is 11.4 Å². The molecule has 0 aliphatic carbocycles. The highest BCUT2D eigenvalue weighted by atomic mass is 32.1. The largest absolute Gasteiger partial charge is 0.370 e. The van der Waals surface area contributed by atoms with E-state index in [1.807, 2.05) is 48.3 Å². The van der Waals surface area contributed by atoms with Crippen LogP contribution < -0.4 is 10.2 Å². The third-order valence-corrected chi connectivity index (χ3v) is 6.55. The number of carbonyl (C=O) groups is 1. The van der Waals surface area contributed by atoms with Gasteiger partial charge < -0.3 is 10.2 Å². The minimum Gasteiger partial charge on any atom is -0.370 e. The molecule has 0 radical (unpaired) electrons. The van der Waals surface area contributed by atoms with Gasteiger partial charge in [-0.3, -0.25) is 9.69 Å². The SMILES string of the molecule is CC(c1nc2ccccc2s1)N(C)CC(=O)Nc1ccccc1N1CCCC1. The Bertz CT molecular complexity index is 931. The second-order valence-electron chi connectivity index (χ2n) is 7.37. The number of aromatic nitrogens is 1. The molecule has 0 spiro atoms. The minimum absolute atomic E-state index is 0.00195. The summed E-state index contributed by atoms with van der Waals surface area (Å²) in [7, 11) is 1.97. The molecule has 1 fully saturated rings. The number of benzene rings is 2. The van der Waals surface area contributed by atoms with E-state index in [4.69, 9.17) is 4.98 Å². The van der Waals surface area contributed by atoms with Crippen molar-refractivity contribution in [1.82, 2.24) is 9.88 Å². The number of carbonyl (C=O) groups excluding carboxylic acids is 1. The lowest BCUT2D eigenvalue weighted by Crippen LogP contribution is -2.32. The maximum atomic E-state index is 12.7. The number of nitrogens with zero attached hydrogens (tertiary/aromatic N) is 3. The molecule has 2 heterocycles. The predicted molar refractivity (Wildman–Crippen MR) is 117 cm³/mol. The smallest absolute Gasteiger partial charge is 0.238 e. The quantitative estimate of drug-likeness (QED) is 0.667. The zero-order valence-corrected chi connectivity index (χ0v) is 17.2. The van der Waals surface area contributed by atoms with Crippen molar-refractivity contribution in [2.45, 2.75) is 25.8 Å². The fourth-order valence-electron chi connectivity index (χ4n) is 3.62. The third kappa shape index (κ3) is 4.03. The number of likely N-dealkylation sites (N-methyl/N-ethyl adjacent to an activating group) is 1. The molecule has 2 aromatic carbocycles. The summed E-state index contributed by atoms with van der Waals surface area (Å²) in [6.07, 6.45) is 2.43. The van der Waals surface area contributed by atoms with E-state index < -0.39 is 0 Å². The molecule has 1 N–H and O–H groups in total. The maximum absolute atomic E-state index is 12.7. The van der Waals surface area contributed by atoms with E-state index >= 15 is 0 Å². The Morgan fingerprint density at radius 3 is 2.68 bits per heavy atom. The molecule has 28 heavy (non-hydrogen) atoms. The van der Waals surface area contributed by atoms with E-state index in [0.717, 1.165) is 35.0 Å². The second-order valence-corrected chi connectivity index (χ2v) is 8.43. The van der Waals surface area contributed by atoms with Crippen LogP contribution in [0, 0.1) is 0 Å². The number of rotatable bonds is 6. The lowest BCUT2D eigenvalue weighted by atomic mass is 10.2. The molecule has 1 unspecified atom stereocenters. The summed E-state index contributed by atoms with van der Waals surface area (Å²) < 4.78 is 1.18. The molecule has 0 saturated carbocycles. The van der Waals surface area contributed by atoms with Crippen LogP contribution in [0.1, 0.15) is 30.8 Å². The van der Waals surface area contributed by atoms with Gasteiger partial charge in [0.05, 0.1) is 34.2 Å². The first-order valence-corrected chi connectivity index (χ1v) is 10.6. The lowest BCUT2D eigenvalue weighted by molar-refractivity contribution is -0.117. The molecule has 6 heteroatoms. The Kier molecular flexibility index (Phi) is 5.59. The van der Waals surface area contributed by atoms with E-state index in [0.29, 0.717) is 6.54 Å². The lowest BCUT2D eigenvalue weighted by Gasteiger charge is -2.24. The summed E-state index contributed by atoms with van der Waals surface area (Å²) >= 11 is 1.69. The van der Waals surface area contributed by atoms with Gasteiger partial charge in [-0.05, 0) is 51.1 Å². The molecule has 1 saturated heterocycles. The van der Waals surface area contributed by atoms with Crippen molar-refractivity contribution >= 4 is 38.8 Å². The number of amides is 1. The zero-order valence-electron chi connectivity index (χ0n) is 16.4.